The van der Waals surface area contributed by atoms with Crippen molar-refractivity contribution in [2.75, 3.05) is 25.1 Å². The van der Waals surface area contributed by atoms with Crippen molar-refractivity contribution >= 4 is 5.82 Å². The zero-order chi connectivity index (χ0) is 15.5. The highest BCUT2D eigenvalue weighted by Gasteiger charge is 2.23. The van der Waals surface area contributed by atoms with Crippen LogP contribution in [0.5, 0.6) is 5.75 Å². The van der Waals surface area contributed by atoms with Crippen LogP contribution in [0.25, 0.3) is 5.69 Å². The molecule has 0 radical (unpaired) electrons. The molecule has 1 fully saturated rings. The second kappa shape index (κ2) is 6.06. The summed E-state index contributed by atoms with van der Waals surface area (Å²) in [5, 5.41) is 18.2. The topological polar surface area (TPSA) is 67.0 Å². The molecule has 0 unspecified atom stereocenters. The van der Waals surface area contributed by atoms with E-state index >= 15 is 0 Å². The first-order valence-electron chi connectivity index (χ1n) is 7.48. The zero-order valence-corrected chi connectivity index (χ0v) is 12.9. The molecule has 22 heavy (non-hydrogen) atoms. The van der Waals surface area contributed by atoms with Gasteiger partial charge in [-0.05, 0) is 30.9 Å². The molecule has 1 aliphatic heterocycles. The van der Waals surface area contributed by atoms with Crippen LogP contribution in [0.1, 0.15) is 25.5 Å². The molecule has 1 aromatic carbocycles. The van der Waals surface area contributed by atoms with Gasteiger partial charge in [-0.25, -0.2) is 0 Å². The minimum absolute atomic E-state index is 0.362. The maximum Gasteiger partial charge on any atom is 0.207 e. The Hall–Kier alpha value is -2.55. The van der Waals surface area contributed by atoms with Crippen molar-refractivity contribution in [2.45, 2.75) is 19.8 Å². The Labute approximate surface area is 129 Å². The number of hydrogen-bond acceptors (Lipinski definition) is 5. The number of nitriles is 1. The highest BCUT2D eigenvalue weighted by atomic mass is 16.5. The van der Waals surface area contributed by atoms with Crippen LogP contribution >= 0.6 is 0 Å². The summed E-state index contributed by atoms with van der Waals surface area (Å²) in [5.74, 6) is 2.08. The number of hydrogen-bond donors (Lipinski definition) is 0. The van der Waals surface area contributed by atoms with Gasteiger partial charge in [-0.3, -0.25) is 0 Å². The van der Waals surface area contributed by atoms with Gasteiger partial charge < -0.3 is 9.64 Å². The summed E-state index contributed by atoms with van der Waals surface area (Å²) >= 11 is 0. The summed E-state index contributed by atoms with van der Waals surface area (Å²) in [5.41, 5.74) is 1.10. The van der Waals surface area contributed by atoms with Crippen molar-refractivity contribution in [1.29, 1.82) is 5.26 Å². The highest BCUT2D eigenvalue weighted by Crippen LogP contribution is 2.26. The van der Waals surface area contributed by atoms with Gasteiger partial charge in [0.1, 0.15) is 17.5 Å². The van der Waals surface area contributed by atoms with Crippen LogP contribution in [0.4, 0.5) is 5.82 Å². The minimum Gasteiger partial charge on any atom is -0.494 e. The molecular weight excluding hydrogens is 278 g/mol. The monoisotopic (exact) mass is 297 g/mol. The average molecular weight is 297 g/mol. The van der Waals surface area contributed by atoms with Gasteiger partial charge in [-0.1, -0.05) is 19.1 Å². The minimum atomic E-state index is 0.362. The molecule has 0 amide bonds. The lowest BCUT2D eigenvalue weighted by Gasteiger charge is -2.30. The van der Waals surface area contributed by atoms with Crippen LogP contribution in [0.15, 0.2) is 24.3 Å². The molecule has 0 bridgehead atoms. The summed E-state index contributed by atoms with van der Waals surface area (Å²) in [6.45, 7) is 4.09. The third-order valence-corrected chi connectivity index (χ3v) is 4.09. The molecule has 0 aliphatic carbocycles. The molecule has 3 rings (SSSR count). The van der Waals surface area contributed by atoms with Crippen LogP contribution in [0.3, 0.4) is 0 Å². The van der Waals surface area contributed by atoms with Crippen LogP contribution in [0.2, 0.25) is 0 Å². The molecule has 2 aromatic rings. The zero-order valence-electron chi connectivity index (χ0n) is 12.9. The second-order valence-electron chi connectivity index (χ2n) is 5.61. The first kappa shape index (κ1) is 14.4. The number of rotatable bonds is 3. The normalized spacial score (nSPS) is 15.6. The molecule has 0 N–H and O–H groups in total. The van der Waals surface area contributed by atoms with Gasteiger partial charge in [0.05, 0.1) is 7.11 Å². The molecule has 1 aliphatic rings. The fourth-order valence-electron chi connectivity index (χ4n) is 2.71. The van der Waals surface area contributed by atoms with Crippen molar-refractivity contribution in [3.8, 4) is 17.5 Å². The molecule has 1 saturated heterocycles. The number of para-hydroxylation sites is 2. The lowest BCUT2D eigenvalue weighted by atomic mass is 9.99. The van der Waals surface area contributed by atoms with Gasteiger partial charge in [0, 0.05) is 13.1 Å². The standard InChI is InChI=1S/C16H19N5O/c1-12-7-9-20(10-8-12)16-13(11-17)18-21(19-16)14-5-3-4-6-15(14)22-2/h3-6,12H,7-10H2,1-2H3. The SMILES string of the molecule is COc1ccccc1-n1nc(C#N)c(N2CCC(C)CC2)n1. The van der Waals surface area contributed by atoms with E-state index in [9.17, 15) is 5.26 Å². The lowest BCUT2D eigenvalue weighted by Crippen LogP contribution is -2.33. The molecule has 0 saturated carbocycles. The van der Waals surface area contributed by atoms with E-state index < -0.39 is 0 Å². The first-order valence-corrected chi connectivity index (χ1v) is 7.48. The largest absolute Gasteiger partial charge is 0.494 e. The molecule has 2 heterocycles. The van der Waals surface area contributed by atoms with Crippen LogP contribution in [-0.2, 0) is 0 Å². The van der Waals surface area contributed by atoms with Gasteiger partial charge in [0.15, 0.2) is 5.82 Å². The van der Waals surface area contributed by atoms with Crippen molar-refractivity contribution in [3.63, 3.8) is 0 Å². The van der Waals surface area contributed by atoms with E-state index in [1.165, 1.54) is 4.80 Å². The average Bonchev–Trinajstić information content (AvgIpc) is 2.99. The lowest BCUT2D eigenvalue weighted by molar-refractivity contribution is 0.409. The van der Waals surface area contributed by atoms with Crippen molar-refractivity contribution in [1.82, 2.24) is 15.0 Å². The van der Waals surface area contributed by atoms with Gasteiger partial charge in [0.2, 0.25) is 5.69 Å². The van der Waals surface area contributed by atoms with Crippen LogP contribution in [-0.4, -0.2) is 35.2 Å². The van der Waals surface area contributed by atoms with E-state index in [1.807, 2.05) is 24.3 Å². The Morgan fingerprint density at radius 3 is 2.64 bits per heavy atom. The quantitative estimate of drug-likeness (QED) is 0.870. The number of methoxy groups -OCH3 is 1. The summed E-state index contributed by atoms with van der Waals surface area (Å²) < 4.78 is 5.34. The Kier molecular flexibility index (Phi) is 3.96. The van der Waals surface area contributed by atoms with Crippen molar-refractivity contribution in [3.05, 3.63) is 30.0 Å². The van der Waals surface area contributed by atoms with E-state index in [0.29, 0.717) is 17.3 Å². The Morgan fingerprint density at radius 1 is 1.23 bits per heavy atom. The number of aromatic nitrogens is 3. The predicted octanol–water partition coefficient (Wildman–Crippen LogP) is 2.38. The van der Waals surface area contributed by atoms with Crippen molar-refractivity contribution in [2.24, 2.45) is 5.92 Å². The van der Waals surface area contributed by atoms with Gasteiger partial charge in [-0.2, -0.15) is 5.26 Å². The molecule has 6 nitrogen and oxygen atoms in total. The van der Waals surface area contributed by atoms with Gasteiger partial charge >= 0.3 is 0 Å². The number of nitrogens with zero attached hydrogens (tertiary/aromatic N) is 5. The molecular formula is C16H19N5O. The predicted molar refractivity (Wildman–Crippen MR) is 83.2 cm³/mol. The number of benzene rings is 1. The highest BCUT2D eigenvalue weighted by molar-refractivity contribution is 5.52. The number of anilines is 1. The smallest absolute Gasteiger partial charge is 0.207 e. The Balaban J connectivity index is 1.97. The van der Waals surface area contributed by atoms with E-state index in [0.717, 1.165) is 37.5 Å². The van der Waals surface area contributed by atoms with Gasteiger partial charge in [0.25, 0.3) is 0 Å². The van der Waals surface area contributed by atoms with Gasteiger partial charge in [-0.15, -0.1) is 15.0 Å². The summed E-state index contributed by atoms with van der Waals surface area (Å²) in [4.78, 5) is 3.64. The summed E-state index contributed by atoms with van der Waals surface area (Å²) in [6.07, 6.45) is 2.23. The van der Waals surface area contributed by atoms with E-state index in [2.05, 4.69) is 28.1 Å². The molecule has 1 aromatic heterocycles. The first-order chi connectivity index (χ1) is 10.7. The fraction of sp³-hybridized carbons (Fsp3) is 0.438. The van der Waals surface area contributed by atoms with E-state index in [1.54, 1.807) is 7.11 Å². The summed E-state index contributed by atoms with van der Waals surface area (Å²) in [7, 11) is 1.61. The molecule has 0 spiro atoms. The number of piperidine rings is 1. The number of ether oxygens (including phenoxy) is 1. The Bertz CT molecular complexity index is 695. The van der Waals surface area contributed by atoms with Crippen molar-refractivity contribution < 1.29 is 4.74 Å². The second-order valence-corrected chi connectivity index (χ2v) is 5.61. The fourth-order valence-corrected chi connectivity index (χ4v) is 2.71. The Morgan fingerprint density at radius 2 is 1.95 bits per heavy atom. The van der Waals surface area contributed by atoms with Crippen LogP contribution < -0.4 is 9.64 Å². The van der Waals surface area contributed by atoms with E-state index in [-0.39, 0.29) is 0 Å². The van der Waals surface area contributed by atoms with E-state index in [4.69, 9.17) is 4.74 Å². The maximum absolute atomic E-state index is 9.36. The third-order valence-electron chi connectivity index (χ3n) is 4.09. The molecule has 0 atom stereocenters. The van der Waals surface area contributed by atoms with Crippen LogP contribution in [0, 0.1) is 17.2 Å². The molecule has 114 valence electrons. The summed E-state index contributed by atoms with van der Waals surface area (Å²) in [6, 6.07) is 9.68. The maximum atomic E-state index is 9.36. The molecule has 6 heteroatoms. The third kappa shape index (κ3) is 2.62.